The fourth-order valence-corrected chi connectivity index (χ4v) is 3.26. The van der Waals surface area contributed by atoms with Crippen LogP contribution in [0.15, 0.2) is 10.5 Å². The average Bonchev–Trinajstić information content (AvgIpc) is 2.95. The van der Waals surface area contributed by atoms with Crippen molar-refractivity contribution in [2.45, 2.75) is 38.5 Å². The number of hydrogen-bond acceptors (Lipinski definition) is 1. The minimum atomic E-state index is -0.823. The van der Waals surface area contributed by atoms with Crippen molar-refractivity contribution in [3.05, 3.63) is 33.0 Å². The highest BCUT2D eigenvalue weighted by molar-refractivity contribution is 9.10. The van der Waals surface area contributed by atoms with Crippen LogP contribution in [0, 0.1) is 19.7 Å². The molecule has 1 saturated carbocycles. The van der Waals surface area contributed by atoms with Crippen LogP contribution >= 0.6 is 15.9 Å². The molecule has 0 unspecified atom stereocenters. The van der Waals surface area contributed by atoms with Gasteiger partial charge >= 0.3 is 5.97 Å². The second kappa shape index (κ2) is 4.09. The van der Waals surface area contributed by atoms with Gasteiger partial charge < -0.3 is 5.11 Å². The van der Waals surface area contributed by atoms with Gasteiger partial charge in [0.05, 0.1) is 10.9 Å². The summed E-state index contributed by atoms with van der Waals surface area (Å²) < 4.78 is 14.2. The lowest BCUT2D eigenvalue weighted by Gasteiger charge is -2.20. The first-order chi connectivity index (χ1) is 7.87. The van der Waals surface area contributed by atoms with E-state index in [-0.39, 0.29) is 17.7 Å². The summed E-state index contributed by atoms with van der Waals surface area (Å²) in [5.41, 5.74) is 2.36. The summed E-state index contributed by atoms with van der Waals surface area (Å²) in [5.74, 6) is -1.13. The highest BCUT2D eigenvalue weighted by Gasteiger charge is 2.48. The number of carboxylic acid groups (broad SMARTS) is 1. The number of halogens is 2. The van der Waals surface area contributed by atoms with Crippen molar-refractivity contribution in [3.8, 4) is 0 Å². The van der Waals surface area contributed by atoms with E-state index in [0.717, 1.165) is 29.5 Å². The van der Waals surface area contributed by atoms with Crippen LogP contribution in [0.4, 0.5) is 4.39 Å². The van der Waals surface area contributed by atoms with Gasteiger partial charge in [0, 0.05) is 5.41 Å². The molecule has 0 aromatic heterocycles. The Labute approximate surface area is 108 Å². The summed E-state index contributed by atoms with van der Waals surface area (Å²) in [6.45, 7) is 3.78. The Kier molecular flexibility index (Phi) is 3.02. The molecule has 2 rings (SSSR count). The predicted octanol–water partition coefficient (Wildman–Crippen LogP) is 3.71. The van der Waals surface area contributed by atoms with E-state index < -0.39 is 5.97 Å². The van der Waals surface area contributed by atoms with Gasteiger partial charge in [-0.15, -0.1) is 0 Å². The number of benzene rings is 1. The highest BCUT2D eigenvalue weighted by atomic mass is 79.9. The molecule has 0 atom stereocenters. The van der Waals surface area contributed by atoms with Crippen LogP contribution in [0.3, 0.4) is 0 Å². The molecular formula is C13H14BrFO2. The van der Waals surface area contributed by atoms with Gasteiger partial charge in [-0.05, 0) is 65.4 Å². The topological polar surface area (TPSA) is 37.3 Å². The molecule has 1 aliphatic rings. The molecule has 1 aliphatic carbocycles. The van der Waals surface area contributed by atoms with Crippen LogP contribution in [-0.2, 0) is 10.2 Å². The van der Waals surface area contributed by atoms with Crippen molar-refractivity contribution < 1.29 is 14.3 Å². The summed E-state index contributed by atoms with van der Waals surface area (Å²) in [6.07, 6.45) is 1.72. The Morgan fingerprint density at radius 1 is 1.53 bits per heavy atom. The van der Waals surface area contributed by atoms with Gasteiger partial charge in [-0.1, -0.05) is 0 Å². The van der Waals surface area contributed by atoms with Gasteiger partial charge in [-0.25, -0.2) is 4.39 Å². The molecule has 1 N–H and O–H groups in total. The molecule has 1 aromatic carbocycles. The summed E-state index contributed by atoms with van der Waals surface area (Å²) >= 11 is 3.26. The van der Waals surface area contributed by atoms with Crippen molar-refractivity contribution in [2.75, 3.05) is 0 Å². The van der Waals surface area contributed by atoms with E-state index in [4.69, 9.17) is 5.11 Å². The largest absolute Gasteiger partial charge is 0.481 e. The van der Waals surface area contributed by atoms with Crippen LogP contribution < -0.4 is 0 Å². The third-order valence-electron chi connectivity index (χ3n) is 3.61. The Morgan fingerprint density at radius 3 is 2.59 bits per heavy atom. The average molecular weight is 301 g/mol. The number of hydrogen-bond donors (Lipinski definition) is 1. The van der Waals surface area contributed by atoms with Crippen LogP contribution in [0.2, 0.25) is 0 Å². The molecule has 0 bridgehead atoms. The standard InChI is InChI=1S/C13H14BrFO2/c1-7-5-9(15)12(14)11(8(7)2)13(3-4-13)6-10(16)17/h5H,3-4,6H2,1-2H3,(H,16,17). The van der Waals surface area contributed by atoms with Gasteiger partial charge in [-0.3, -0.25) is 4.79 Å². The third-order valence-corrected chi connectivity index (χ3v) is 4.39. The molecule has 17 heavy (non-hydrogen) atoms. The van der Waals surface area contributed by atoms with Crippen LogP contribution in [0.5, 0.6) is 0 Å². The van der Waals surface area contributed by atoms with Crippen LogP contribution in [-0.4, -0.2) is 11.1 Å². The van der Waals surface area contributed by atoms with E-state index in [1.807, 2.05) is 13.8 Å². The number of carbonyl (C=O) groups is 1. The predicted molar refractivity (Wildman–Crippen MR) is 66.7 cm³/mol. The van der Waals surface area contributed by atoms with E-state index in [9.17, 15) is 9.18 Å². The molecule has 0 radical (unpaired) electrons. The Balaban J connectivity index is 2.55. The van der Waals surface area contributed by atoms with E-state index in [0.29, 0.717) is 4.47 Å². The molecule has 0 heterocycles. The first-order valence-corrected chi connectivity index (χ1v) is 6.34. The fraction of sp³-hybridized carbons (Fsp3) is 0.462. The minimum absolute atomic E-state index is 0.0787. The van der Waals surface area contributed by atoms with Crippen molar-refractivity contribution >= 4 is 21.9 Å². The summed E-state index contributed by atoms with van der Waals surface area (Å²) in [7, 11) is 0. The first-order valence-electron chi connectivity index (χ1n) is 5.55. The number of aliphatic carboxylic acids is 1. The SMILES string of the molecule is Cc1cc(F)c(Br)c(C2(CC(=O)O)CC2)c1C. The Morgan fingerprint density at radius 2 is 2.12 bits per heavy atom. The molecule has 0 amide bonds. The van der Waals surface area contributed by atoms with Crippen molar-refractivity contribution in [3.63, 3.8) is 0 Å². The molecule has 1 aromatic rings. The fourth-order valence-electron chi connectivity index (χ4n) is 2.43. The Bertz CT molecular complexity index is 466. The molecule has 0 aliphatic heterocycles. The second-order valence-corrected chi connectivity index (χ2v) is 5.63. The summed E-state index contributed by atoms with van der Waals surface area (Å²) in [5, 5.41) is 8.96. The molecule has 0 saturated heterocycles. The van der Waals surface area contributed by atoms with E-state index in [1.54, 1.807) is 0 Å². The van der Waals surface area contributed by atoms with Crippen molar-refractivity contribution in [2.24, 2.45) is 0 Å². The van der Waals surface area contributed by atoms with Crippen molar-refractivity contribution in [1.82, 2.24) is 0 Å². The van der Waals surface area contributed by atoms with Gasteiger partial charge in [0.25, 0.3) is 0 Å². The lowest BCUT2D eigenvalue weighted by Crippen LogP contribution is -2.16. The highest BCUT2D eigenvalue weighted by Crippen LogP contribution is 2.54. The van der Waals surface area contributed by atoms with E-state index in [2.05, 4.69) is 15.9 Å². The first kappa shape index (κ1) is 12.6. The monoisotopic (exact) mass is 300 g/mol. The zero-order chi connectivity index (χ0) is 12.8. The normalized spacial score (nSPS) is 16.9. The molecular weight excluding hydrogens is 287 g/mol. The van der Waals surface area contributed by atoms with Crippen molar-refractivity contribution in [1.29, 1.82) is 0 Å². The number of rotatable bonds is 3. The van der Waals surface area contributed by atoms with Crippen LogP contribution in [0.25, 0.3) is 0 Å². The maximum Gasteiger partial charge on any atom is 0.304 e. The number of carboxylic acids is 1. The quantitative estimate of drug-likeness (QED) is 0.924. The van der Waals surface area contributed by atoms with Gasteiger partial charge in [0.1, 0.15) is 5.82 Å². The maximum atomic E-state index is 13.7. The second-order valence-electron chi connectivity index (χ2n) is 4.84. The lowest BCUT2D eigenvalue weighted by molar-refractivity contribution is -0.137. The summed E-state index contributed by atoms with van der Waals surface area (Å²) in [6, 6.07) is 1.49. The van der Waals surface area contributed by atoms with E-state index in [1.165, 1.54) is 6.07 Å². The van der Waals surface area contributed by atoms with Gasteiger partial charge in [0.2, 0.25) is 0 Å². The minimum Gasteiger partial charge on any atom is -0.481 e. The van der Waals surface area contributed by atoms with Gasteiger partial charge in [-0.2, -0.15) is 0 Å². The smallest absolute Gasteiger partial charge is 0.304 e. The zero-order valence-corrected chi connectivity index (χ0v) is 11.4. The molecule has 92 valence electrons. The van der Waals surface area contributed by atoms with E-state index >= 15 is 0 Å². The molecule has 4 heteroatoms. The van der Waals surface area contributed by atoms with Crippen LogP contribution in [0.1, 0.15) is 36.0 Å². The lowest BCUT2D eigenvalue weighted by atomic mass is 9.87. The third kappa shape index (κ3) is 2.10. The molecule has 0 spiro atoms. The zero-order valence-electron chi connectivity index (χ0n) is 9.81. The Hall–Kier alpha value is -0.900. The summed E-state index contributed by atoms with van der Waals surface area (Å²) in [4.78, 5) is 10.9. The molecule has 1 fully saturated rings. The number of aryl methyl sites for hydroxylation is 1. The molecule has 2 nitrogen and oxygen atoms in total. The van der Waals surface area contributed by atoms with Gasteiger partial charge in [0.15, 0.2) is 0 Å². The maximum absolute atomic E-state index is 13.7.